The van der Waals surface area contributed by atoms with Crippen molar-refractivity contribution in [3.05, 3.63) is 42.0 Å². The van der Waals surface area contributed by atoms with Crippen LogP contribution < -0.4 is 4.74 Å². The van der Waals surface area contributed by atoms with E-state index in [0.717, 1.165) is 12.4 Å². The highest BCUT2D eigenvalue weighted by Crippen LogP contribution is 2.25. The van der Waals surface area contributed by atoms with Crippen molar-refractivity contribution in [2.45, 2.75) is 20.0 Å². The number of ether oxygens (including phenoxy) is 2. The standard InChI is InChI=1S/C15H18O2/c1-4-17-11(2)12-5-6-14-10-15(16-3)8-7-13(14)9-12/h5-11H,4H2,1-3H3/t11-/m0/s1. The molecule has 0 fully saturated rings. The van der Waals surface area contributed by atoms with Gasteiger partial charge in [-0.3, -0.25) is 0 Å². The van der Waals surface area contributed by atoms with Crippen molar-refractivity contribution < 1.29 is 9.47 Å². The van der Waals surface area contributed by atoms with Gasteiger partial charge in [-0.05, 0) is 48.4 Å². The number of hydrogen-bond donors (Lipinski definition) is 0. The maximum absolute atomic E-state index is 5.60. The molecule has 2 heteroatoms. The third-order valence-corrected chi connectivity index (χ3v) is 2.96. The van der Waals surface area contributed by atoms with E-state index in [9.17, 15) is 0 Å². The first kappa shape index (κ1) is 11.9. The number of benzene rings is 2. The quantitative estimate of drug-likeness (QED) is 0.791. The summed E-state index contributed by atoms with van der Waals surface area (Å²) in [6.07, 6.45) is 0.145. The van der Waals surface area contributed by atoms with Gasteiger partial charge in [-0.15, -0.1) is 0 Å². The van der Waals surface area contributed by atoms with E-state index in [1.807, 2.05) is 19.1 Å². The second kappa shape index (κ2) is 5.19. The zero-order valence-electron chi connectivity index (χ0n) is 10.6. The molecule has 1 atom stereocenters. The summed E-state index contributed by atoms with van der Waals surface area (Å²) in [6.45, 7) is 4.83. The fourth-order valence-corrected chi connectivity index (χ4v) is 1.97. The normalized spacial score (nSPS) is 12.6. The zero-order chi connectivity index (χ0) is 12.3. The Kier molecular flexibility index (Phi) is 3.64. The van der Waals surface area contributed by atoms with Crippen LogP contribution in [0, 0.1) is 0 Å². The van der Waals surface area contributed by atoms with E-state index in [-0.39, 0.29) is 6.10 Å². The molecule has 90 valence electrons. The van der Waals surface area contributed by atoms with E-state index in [0.29, 0.717) is 0 Å². The van der Waals surface area contributed by atoms with Gasteiger partial charge in [0.1, 0.15) is 5.75 Å². The van der Waals surface area contributed by atoms with Gasteiger partial charge in [0.15, 0.2) is 0 Å². The lowest BCUT2D eigenvalue weighted by Crippen LogP contribution is -1.99. The Morgan fingerprint density at radius 2 is 1.76 bits per heavy atom. The van der Waals surface area contributed by atoms with Crippen LogP contribution >= 0.6 is 0 Å². The minimum absolute atomic E-state index is 0.145. The minimum Gasteiger partial charge on any atom is -0.497 e. The van der Waals surface area contributed by atoms with Gasteiger partial charge in [-0.2, -0.15) is 0 Å². The number of methoxy groups -OCH3 is 1. The SMILES string of the molecule is CCO[C@@H](C)c1ccc2cc(OC)ccc2c1. The fourth-order valence-electron chi connectivity index (χ4n) is 1.97. The van der Waals surface area contributed by atoms with Crippen molar-refractivity contribution in [1.82, 2.24) is 0 Å². The summed E-state index contributed by atoms with van der Waals surface area (Å²) in [7, 11) is 1.69. The molecule has 0 spiro atoms. The molecule has 2 aromatic carbocycles. The molecule has 17 heavy (non-hydrogen) atoms. The van der Waals surface area contributed by atoms with Gasteiger partial charge in [0.25, 0.3) is 0 Å². The molecule has 0 radical (unpaired) electrons. The van der Waals surface area contributed by atoms with Crippen LogP contribution in [0.25, 0.3) is 10.8 Å². The molecular formula is C15H18O2. The lowest BCUT2D eigenvalue weighted by atomic mass is 10.0. The van der Waals surface area contributed by atoms with Crippen molar-refractivity contribution in [1.29, 1.82) is 0 Å². The number of hydrogen-bond acceptors (Lipinski definition) is 2. The highest BCUT2D eigenvalue weighted by molar-refractivity contribution is 5.84. The topological polar surface area (TPSA) is 18.5 Å². The molecule has 0 heterocycles. The van der Waals surface area contributed by atoms with E-state index in [1.165, 1.54) is 16.3 Å². The maximum atomic E-state index is 5.60. The van der Waals surface area contributed by atoms with Crippen molar-refractivity contribution in [2.24, 2.45) is 0 Å². The van der Waals surface area contributed by atoms with Gasteiger partial charge in [0, 0.05) is 6.61 Å². The third-order valence-electron chi connectivity index (χ3n) is 2.96. The van der Waals surface area contributed by atoms with Crippen molar-refractivity contribution in [2.75, 3.05) is 13.7 Å². The third kappa shape index (κ3) is 2.59. The first-order valence-electron chi connectivity index (χ1n) is 5.94. The Bertz CT molecular complexity index is 505. The number of fused-ring (bicyclic) bond motifs is 1. The molecule has 0 N–H and O–H groups in total. The first-order valence-corrected chi connectivity index (χ1v) is 5.94. The van der Waals surface area contributed by atoms with Crippen LogP contribution in [0.1, 0.15) is 25.5 Å². The van der Waals surface area contributed by atoms with Crippen LogP contribution in [0.3, 0.4) is 0 Å². The lowest BCUT2D eigenvalue weighted by molar-refractivity contribution is 0.0765. The summed E-state index contributed by atoms with van der Waals surface area (Å²) in [5, 5.41) is 2.41. The van der Waals surface area contributed by atoms with E-state index in [2.05, 4.69) is 31.2 Å². The maximum Gasteiger partial charge on any atom is 0.119 e. The lowest BCUT2D eigenvalue weighted by Gasteiger charge is -2.13. The van der Waals surface area contributed by atoms with Crippen molar-refractivity contribution in [3.63, 3.8) is 0 Å². The van der Waals surface area contributed by atoms with Gasteiger partial charge >= 0.3 is 0 Å². The van der Waals surface area contributed by atoms with Gasteiger partial charge < -0.3 is 9.47 Å². The summed E-state index contributed by atoms with van der Waals surface area (Å²) in [4.78, 5) is 0. The van der Waals surface area contributed by atoms with Crippen LogP contribution in [-0.2, 0) is 4.74 Å². The monoisotopic (exact) mass is 230 g/mol. The molecule has 2 aromatic rings. The van der Waals surface area contributed by atoms with Gasteiger partial charge in [0.05, 0.1) is 13.2 Å². The molecule has 2 rings (SSSR count). The summed E-state index contributed by atoms with van der Waals surface area (Å²) < 4.78 is 10.8. The summed E-state index contributed by atoms with van der Waals surface area (Å²) in [5.74, 6) is 0.892. The average molecular weight is 230 g/mol. The van der Waals surface area contributed by atoms with Crippen LogP contribution in [0.5, 0.6) is 5.75 Å². The largest absolute Gasteiger partial charge is 0.497 e. The molecule has 0 bridgehead atoms. The first-order chi connectivity index (χ1) is 8.24. The fraction of sp³-hybridized carbons (Fsp3) is 0.333. The van der Waals surface area contributed by atoms with E-state index in [4.69, 9.17) is 9.47 Å². The van der Waals surface area contributed by atoms with E-state index in [1.54, 1.807) is 7.11 Å². The molecule has 0 aliphatic carbocycles. The van der Waals surface area contributed by atoms with Crippen molar-refractivity contribution >= 4 is 10.8 Å². The predicted octanol–water partition coefficient (Wildman–Crippen LogP) is 3.95. The summed E-state index contributed by atoms with van der Waals surface area (Å²) >= 11 is 0. The molecule has 0 aromatic heterocycles. The van der Waals surface area contributed by atoms with Crippen LogP contribution in [0.4, 0.5) is 0 Å². The highest BCUT2D eigenvalue weighted by atomic mass is 16.5. The Labute approximate surface area is 102 Å². The molecule has 0 aliphatic heterocycles. The Morgan fingerprint density at radius 3 is 2.47 bits per heavy atom. The molecule has 0 aliphatic rings. The molecule has 0 amide bonds. The van der Waals surface area contributed by atoms with Gasteiger partial charge in [-0.25, -0.2) is 0 Å². The van der Waals surface area contributed by atoms with Crippen LogP contribution in [-0.4, -0.2) is 13.7 Å². The molecule has 0 saturated carbocycles. The second-order valence-corrected chi connectivity index (χ2v) is 4.07. The van der Waals surface area contributed by atoms with Crippen LogP contribution in [0.15, 0.2) is 36.4 Å². The number of rotatable bonds is 4. The minimum atomic E-state index is 0.145. The predicted molar refractivity (Wildman–Crippen MR) is 70.5 cm³/mol. The highest BCUT2D eigenvalue weighted by Gasteiger charge is 2.05. The second-order valence-electron chi connectivity index (χ2n) is 4.07. The molecule has 2 nitrogen and oxygen atoms in total. The Hall–Kier alpha value is -1.54. The smallest absolute Gasteiger partial charge is 0.119 e. The average Bonchev–Trinajstić information content (AvgIpc) is 2.37. The van der Waals surface area contributed by atoms with Crippen LogP contribution in [0.2, 0.25) is 0 Å². The van der Waals surface area contributed by atoms with E-state index >= 15 is 0 Å². The molecule has 0 unspecified atom stereocenters. The van der Waals surface area contributed by atoms with E-state index < -0.39 is 0 Å². The Balaban J connectivity index is 2.37. The summed E-state index contributed by atoms with van der Waals surface area (Å²) in [5.41, 5.74) is 1.21. The van der Waals surface area contributed by atoms with Gasteiger partial charge in [0.2, 0.25) is 0 Å². The molecule has 0 saturated heterocycles. The Morgan fingerprint density at radius 1 is 1.06 bits per heavy atom. The zero-order valence-corrected chi connectivity index (χ0v) is 10.6. The van der Waals surface area contributed by atoms with Gasteiger partial charge in [-0.1, -0.05) is 18.2 Å². The van der Waals surface area contributed by atoms with Crippen molar-refractivity contribution in [3.8, 4) is 5.75 Å². The summed E-state index contributed by atoms with van der Waals surface area (Å²) in [6, 6.07) is 12.5. The molecular weight excluding hydrogens is 212 g/mol.